The molecule has 0 saturated carbocycles. The number of anilines is 3. The summed E-state index contributed by atoms with van der Waals surface area (Å²) in [5, 5.41) is 3.12. The fourth-order valence-electron chi connectivity index (χ4n) is 2.24. The first-order valence-corrected chi connectivity index (χ1v) is 6.56. The highest BCUT2D eigenvalue weighted by molar-refractivity contribution is 5.79. The summed E-state index contributed by atoms with van der Waals surface area (Å²) in [6, 6.07) is 14.3. The molecule has 0 atom stereocenters. The molecule has 0 bridgehead atoms. The van der Waals surface area contributed by atoms with Gasteiger partial charge in [-0.2, -0.15) is 0 Å². The summed E-state index contributed by atoms with van der Waals surface area (Å²) in [4.78, 5) is 6.50. The van der Waals surface area contributed by atoms with E-state index in [0.717, 1.165) is 28.2 Å². The van der Waals surface area contributed by atoms with Crippen LogP contribution < -0.4 is 10.2 Å². The van der Waals surface area contributed by atoms with E-state index < -0.39 is 0 Å². The molecule has 0 aliphatic rings. The first-order valence-electron chi connectivity index (χ1n) is 6.56. The molecule has 0 aliphatic heterocycles. The van der Waals surface area contributed by atoms with Crippen LogP contribution in [0.2, 0.25) is 0 Å². The minimum absolute atomic E-state index is 0.693. The molecule has 0 fully saturated rings. The van der Waals surface area contributed by atoms with Crippen LogP contribution in [-0.2, 0) is 0 Å². The molecule has 3 rings (SSSR count). The molecule has 0 aliphatic carbocycles. The number of aryl methyl sites for hydroxylation is 1. The van der Waals surface area contributed by atoms with E-state index in [2.05, 4.69) is 39.5 Å². The molecule has 20 heavy (non-hydrogen) atoms. The van der Waals surface area contributed by atoms with Gasteiger partial charge >= 0.3 is 0 Å². The van der Waals surface area contributed by atoms with Gasteiger partial charge in [-0.15, -0.1) is 0 Å². The number of oxazole rings is 1. The van der Waals surface area contributed by atoms with E-state index in [1.807, 2.05) is 39.2 Å². The fraction of sp³-hybridized carbons (Fsp3) is 0.188. The van der Waals surface area contributed by atoms with Crippen LogP contribution in [0, 0.1) is 6.92 Å². The number of benzene rings is 2. The molecule has 102 valence electrons. The van der Waals surface area contributed by atoms with Crippen molar-refractivity contribution in [2.75, 3.05) is 24.3 Å². The average Bonchev–Trinajstić information content (AvgIpc) is 2.85. The van der Waals surface area contributed by atoms with Crippen molar-refractivity contribution in [2.45, 2.75) is 6.92 Å². The molecule has 3 aromatic rings. The lowest BCUT2D eigenvalue weighted by molar-refractivity contribution is 0.561. The van der Waals surface area contributed by atoms with Crippen molar-refractivity contribution in [3.8, 4) is 0 Å². The number of aromatic nitrogens is 1. The Labute approximate surface area is 118 Å². The standard InChI is InChI=1S/C16H17N3O/c1-11-18-15-10-14(8-9-16(15)20-11)19(3)13-6-4-12(17-2)5-7-13/h4-10,17H,1-3H3. The summed E-state index contributed by atoms with van der Waals surface area (Å²) in [7, 11) is 3.96. The summed E-state index contributed by atoms with van der Waals surface area (Å²) >= 11 is 0. The average molecular weight is 267 g/mol. The summed E-state index contributed by atoms with van der Waals surface area (Å²) in [6.45, 7) is 1.86. The van der Waals surface area contributed by atoms with Gasteiger partial charge in [0.1, 0.15) is 5.52 Å². The van der Waals surface area contributed by atoms with Gasteiger partial charge in [0, 0.05) is 38.1 Å². The van der Waals surface area contributed by atoms with E-state index in [0.29, 0.717) is 5.89 Å². The Bertz CT molecular complexity index is 731. The highest BCUT2D eigenvalue weighted by Gasteiger charge is 2.08. The summed E-state index contributed by atoms with van der Waals surface area (Å²) in [5.74, 6) is 0.693. The van der Waals surface area contributed by atoms with Crippen LogP contribution in [-0.4, -0.2) is 19.1 Å². The minimum Gasteiger partial charge on any atom is -0.441 e. The minimum atomic E-state index is 0.693. The third-order valence-electron chi connectivity index (χ3n) is 3.41. The van der Waals surface area contributed by atoms with Crippen molar-refractivity contribution in [3.63, 3.8) is 0 Å². The zero-order valence-electron chi connectivity index (χ0n) is 11.8. The Morgan fingerprint density at radius 2 is 1.75 bits per heavy atom. The second-order valence-electron chi connectivity index (χ2n) is 4.74. The number of nitrogens with zero attached hydrogens (tertiary/aromatic N) is 2. The summed E-state index contributed by atoms with van der Waals surface area (Å²) < 4.78 is 5.50. The highest BCUT2D eigenvalue weighted by Crippen LogP contribution is 2.28. The van der Waals surface area contributed by atoms with Crippen molar-refractivity contribution in [1.82, 2.24) is 4.98 Å². The SMILES string of the molecule is CNc1ccc(N(C)c2ccc3oc(C)nc3c2)cc1. The lowest BCUT2D eigenvalue weighted by atomic mass is 10.2. The Hall–Kier alpha value is -2.49. The topological polar surface area (TPSA) is 41.3 Å². The maximum atomic E-state index is 5.50. The normalized spacial score (nSPS) is 10.8. The molecule has 0 spiro atoms. The zero-order chi connectivity index (χ0) is 14.1. The van der Waals surface area contributed by atoms with E-state index in [4.69, 9.17) is 4.42 Å². The van der Waals surface area contributed by atoms with Gasteiger partial charge in [-0.3, -0.25) is 0 Å². The molecule has 1 N–H and O–H groups in total. The van der Waals surface area contributed by atoms with Crippen LogP contribution in [0.5, 0.6) is 0 Å². The molecule has 4 nitrogen and oxygen atoms in total. The number of rotatable bonds is 3. The van der Waals surface area contributed by atoms with Crippen molar-refractivity contribution in [2.24, 2.45) is 0 Å². The zero-order valence-corrected chi connectivity index (χ0v) is 11.8. The van der Waals surface area contributed by atoms with Gasteiger partial charge < -0.3 is 14.6 Å². The van der Waals surface area contributed by atoms with Crippen molar-refractivity contribution < 1.29 is 4.42 Å². The molecular weight excluding hydrogens is 250 g/mol. The van der Waals surface area contributed by atoms with Gasteiger partial charge in [-0.1, -0.05) is 0 Å². The van der Waals surface area contributed by atoms with E-state index >= 15 is 0 Å². The largest absolute Gasteiger partial charge is 0.441 e. The fourth-order valence-corrected chi connectivity index (χ4v) is 2.24. The molecular formula is C16H17N3O. The van der Waals surface area contributed by atoms with Crippen LogP contribution in [0.3, 0.4) is 0 Å². The Morgan fingerprint density at radius 3 is 2.45 bits per heavy atom. The van der Waals surface area contributed by atoms with Gasteiger partial charge in [0.15, 0.2) is 11.5 Å². The third kappa shape index (κ3) is 2.20. The van der Waals surface area contributed by atoms with E-state index in [9.17, 15) is 0 Å². The summed E-state index contributed by atoms with van der Waals surface area (Å²) in [6.07, 6.45) is 0. The van der Waals surface area contributed by atoms with Crippen LogP contribution in [0.25, 0.3) is 11.1 Å². The first kappa shape index (κ1) is 12.5. The lowest BCUT2D eigenvalue weighted by Crippen LogP contribution is -2.09. The number of hydrogen-bond acceptors (Lipinski definition) is 4. The Kier molecular flexibility index (Phi) is 3.06. The van der Waals surface area contributed by atoms with E-state index in [1.54, 1.807) is 0 Å². The molecule has 1 heterocycles. The number of hydrogen-bond donors (Lipinski definition) is 1. The van der Waals surface area contributed by atoms with Gasteiger partial charge in [0.25, 0.3) is 0 Å². The van der Waals surface area contributed by atoms with Crippen LogP contribution in [0.1, 0.15) is 5.89 Å². The lowest BCUT2D eigenvalue weighted by Gasteiger charge is -2.19. The Morgan fingerprint density at radius 1 is 1.05 bits per heavy atom. The van der Waals surface area contributed by atoms with Gasteiger partial charge in [-0.05, 0) is 42.5 Å². The smallest absolute Gasteiger partial charge is 0.192 e. The molecule has 0 unspecified atom stereocenters. The molecule has 4 heteroatoms. The van der Waals surface area contributed by atoms with Gasteiger partial charge in [-0.25, -0.2) is 4.98 Å². The maximum absolute atomic E-state index is 5.50. The maximum Gasteiger partial charge on any atom is 0.192 e. The van der Waals surface area contributed by atoms with Crippen LogP contribution in [0.15, 0.2) is 46.9 Å². The number of fused-ring (bicyclic) bond motifs is 1. The van der Waals surface area contributed by atoms with Crippen molar-refractivity contribution in [3.05, 3.63) is 48.4 Å². The Balaban J connectivity index is 1.95. The van der Waals surface area contributed by atoms with Crippen molar-refractivity contribution in [1.29, 1.82) is 0 Å². The second kappa shape index (κ2) is 4.89. The van der Waals surface area contributed by atoms with E-state index in [-0.39, 0.29) is 0 Å². The summed E-state index contributed by atoms with van der Waals surface area (Å²) in [5.41, 5.74) is 5.03. The molecule has 0 saturated heterocycles. The van der Waals surface area contributed by atoms with Crippen LogP contribution in [0.4, 0.5) is 17.1 Å². The highest BCUT2D eigenvalue weighted by atomic mass is 16.3. The third-order valence-corrected chi connectivity index (χ3v) is 3.41. The predicted octanol–water partition coefficient (Wildman–Crippen LogP) is 3.95. The molecule has 2 aromatic carbocycles. The predicted molar refractivity (Wildman–Crippen MR) is 82.8 cm³/mol. The quantitative estimate of drug-likeness (QED) is 0.780. The molecule has 0 radical (unpaired) electrons. The monoisotopic (exact) mass is 267 g/mol. The molecule has 0 amide bonds. The van der Waals surface area contributed by atoms with Gasteiger partial charge in [0.05, 0.1) is 0 Å². The number of nitrogens with one attached hydrogen (secondary N) is 1. The van der Waals surface area contributed by atoms with Crippen molar-refractivity contribution >= 4 is 28.2 Å². The van der Waals surface area contributed by atoms with Gasteiger partial charge in [0.2, 0.25) is 0 Å². The van der Waals surface area contributed by atoms with E-state index in [1.165, 1.54) is 0 Å². The first-order chi connectivity index (χ1) is 9.67. The van der Waals surface area contributed by atoms with Crippen LogP contribution >= 0.6 is 0 Å². The molecule has 1 aromatic heterocycles. The second-order valence-corrected chi connectivity index (χ2v) is 4.74.